The Kier molecular flexibility index (Phi) is 6.94. The van der Waals surface area contributed by atoms with Gasteiger partial charge in [-0.25, -0.2) is 4.99 Å². The Balaban J connectivity index is 0.00000220. The predicted octanol–water partition coefficient (Wildman–Crippen LogP) is 1.67. The lowest BCUT2D eigenvalue weighted by Gasteiger charge is -2.19. The van der Waals surface area contributed by atoms with Gasteiger partial charge in [0.25, 0.3) is 0 Å². The third-order valence-electron chi connectivity index (χ3n) is 3.52. The lowest BCUT2D eigenvalue weighted by atomic mass is 10.2. The molecule has 6 heteroatoms. The number of carbonyl (C=O) groups is 1. The minimum absolute atomic E-state index is 0. The van der Waals surface area contributed by atoms with Crippen molar-refractivity contribution < 1.29 is 4.79 Å². The number of rotatable bonds is 5. The van der Waals surface area contributed by atoms with Crippen LogP contribution in [0.1, 0.15) is 18.4 Å². The number of halogens is 1. The van der Waals surface area contributed by atoms with Gasteiger partial charge in [0, 0.05) is 26.7 Å². The second-order valence-corrected chi connectivity index (χ2v) is 5.25. The Morgan fingerprint density at radius 1 is 1.29 bits per heavy atom. The average molecular weight is 402 g/mol. The molecule has 0 bridgehead atoms. The maximum absolute atomic E-state index is 12.0. The molecule has 0 heterocycles. The zero-order valence-electron chi connectivity index (χ0n) is 12.5. The minimum atomic E-state index is -0.0269. The molecule has 116 valence electrons. The van der Waals surface area contributed by atoms with E-state index >= 15 is 0 Å². The number of aliphatic imine (C=N–C) groups is 1. The Morgan fingerprint density at radius 3 is 2.48 bits per heavy atom. The number of likely N-dealkylation sites (N-methyl/N-ethyl adjacent to an activating group) is 1. The van der Waals surface area contributed by atoms with E-state index in [1.165, 1.54) is 0 Å². The Bertz CT molecular complexity index is 488. The highest BCUT2D eigenvalue weighted by Crippen LogP contribution is 2.24. The summed E-state index contributed by atoms with van der Waals surface area (Å²) in [4.78, 5) is 19.8. The molecule has 0 atom stereocenters. The van der Waals surface area contributed by atoms with Gasteiger partial charge < -0.3 is 15.5 Å². The molecule has 1 amide bonds. The van der Waals surface area contributed by atoms with E-state index < -0.39 is 0 Å². The fraction of sp³-hybridized carbons (Fsp3) is 0.467. The van der Waals surface area contributed by atoms with Crippen molar-refractivity contribution in [1.82, 2.24) is 9.80 Å². The largest absolute Gasteiger partial charge is 0.370 e. The number of hydrogen-bond acceptors (Lipinski definition) is 2. The maximum Gasteiger partial charge on any atom is 0.244 e. The van der Waals surface area contributed by atoms with Crippen molar-refractivity contribution in [3.8, 4) is 0 Å². The van der Waals surface area contributed by atoms with Crippen LogP contribution >= 0.6 is 24.0 Å². The Hall–Kier alpha value is -1.31. The zero-order valence-corrected chi connectivity index (χ0v) is 14.9. The highest BCUT2D eigenvalue weighted by Gasteiger charge is 2.27. The van der Waals surface area contributed by atoms with Gasteiger partial charge in [0.05, 0.1) is 0 Å². The van der Waals surface area contributed by atoms with Crippen molar-refractivity contribution in [2.45, 2.75) is 25.4 Å². The van der Waals surface area contributed by atoms with Crippen LogP contribution in [0.25, 0.3) is 0 Å². The first-order valence-electron chi connectivity index (χ1n) is 6.88. The Labute approximate surface area is 143 Å². The summed E-state index contributed by atoms with van der Waals surface area (Å²) in [5, 5.41) is 0. The molecule has 0 radical (unpaired) electrons. The van der Waals surface area contributed by atoms with Crippen LogP contribution in [0, 0.1) is 0 Å². The molecule has 2 rings (SSSR count). The maximum atomic E-state index is 12.0. The van der Waals surface area contributed by atoms with Crippen LogP contribution in [0.5, 0.6) is 0 Å². The summed E-state index contributed by atoms with van der Waals surface area (Å²) in [5.41, 5.74) is 6.97. The van der Waals surface area contributed by atoms with Crippen molar-refractivity contribution in [1.29, 1.82) is 0 Å². The van der Waals surface area contributed by atoms with Gasteiger partial charge >= 0.3 is 0 Å². The van der Waals surface area contributed by atoms with Crippen molar-refractivity contribution in [3.05, 3.63) is 35.9 Å². The molecule has 2 N–H and O–H groups in total. The molecular formula is C15H23IN4O. The van der Waals surface area contributed by atoms with Crippen LogP contribution in [0.3, 0.4) is 0 Å². The molecule has 21 heavy (non-hydrogen) atoms. The molecule has 0 aliphatic heterocycles. The van der Waals surface area contributed by atoms with Gasteiger partial charge in [0.15, 0.2) is 5.96 Å². The van der Waals surface area contributed by atoms with Crippen molar-refractivity contribution >= 4 is 35.8 Å². The number of hydrogen-bond donors (Lipinski definition) is 1. The summed E-state index contributed by atoms with van der Waals surface area (Å²) in [7, 11) is 3.71. The quantitative estimate of drug-likeness (QED) is 0.463. The van der Waals surface area contributed by atoms with Gasteiger partial charge in [-0.15, -0.1) is 24.0 Å². The predicted molar refractivity (Wildman–Crippen MR) is 95.6 cm³/mol. The third-order valence-corrected chi connectivity index (χ3v) is 3.52. The smallest absolute Gasteiger partial charge is 0.244 e. The number of guanidine groups is 1. The summed E-state index contributed by atoms with van der Waals surface area (Å²) in [6.45, 7) is 0.694. The van der Waals surface area contributed by atoms with E-state index in [2.05, 4.69) is 4.99 Å². The first-order valence-corrected chi connectivity index (χ1v) is 6.88. The molecule has 1 aromatic rings. The number of nitrogens with zero attached hydrogens (tertiary/aromatic N) is 3. The fourth-order valence-corrected chi connectivity index (χ4v) is 1.98. The van der Waals surface area contributed by atoms with Crippen LogP contribution in [0.2, 0.25) is 0 Å². The number of benzene rings is 1. The lowest BCUT2D eigenvalue weighted by molar-refractivity contribution is -0.128. The molecule has 0 saturated heterocycles. The second kappa shape index (κ2) is 8.21. The van der Waals surface area contributed by atoms with Crippen LogP contribution in [-0.2, 0) is 11.3 Å². The van der Waals surface area contributed by atoms with Gasteiger partial charge in [-0.05, 0) is 18.4 Å². The molecule has 1 aliphatic rings. The first kappa shape index (κ1) is 17.7. The van der Waals surface area contributed by atoms with Crippen molar-refractivity contribution in [2.75, 3.05) is 20.6 Å². The molecule has 5 nitrogen and oxygen atoms in total. The first-order chi connectivity index (χ1) is 9.58. The minimum Gasteiger partial charge on any atom is -0.370 e. The summed E-state index contributed by atoms with van der Waals surface area (Å²) >= 11 is 0. The van der Waals surface area contributed by atoms with E-state index in [0.717, 1.165) is 18.4 Å². The van der Waals surface area contributed by atoms with Gasteiger partial charge in [0.1, 0.15) is 6.54 Å². The molecule has 1 aliphatic carbocycles. The zero-order chi connectivity index (χ0) is 14.5. The lowest BCUT2D eigenvalue weighted by Crippen LogP contribution is -2.37. The molecule has 0 spiro atoms. The highest BCUT2D eigenvalue weighted by molar-refractivity contribution is 14.0. The SMILES string of the molecule is CN(Cc1ccccc1)C(=O)CN=C(N)N(C)C1CC1.I. The standard InChI is InChI=1S/C15H22N4O.HI/c1-18(11-12-6-4-3-5-7-12)14(20)10-17-15(16)19(2)13-8-9-13;/h3-7,13H,8-11H2,1-2H3,(H2,16,17);1H. The fourth-order valence-electron chi connectivity index (χ4n) is 1.98. The highest BCUT2D eigenvalue weighted by atomic mass is 127. The van der Waals surface area contributed by atoms with Crippen LogP contribution < -0.4 is 5.73 Å². The van der Waals surface area contributed by atoms with Gasteiger partial charge in [0.2, 0.25) is 5.91 Å². The summed E-state index contributed by atoms with van der Waals surface area (Å²) in [5.74, 6) is 0.426. The summed E-state index contributed by atoms with van der Waals surface area (Å²) < 4.78 is 0. The number of nitrogens with two attached hydrogens (primary N) is 1. The van der Waals surface area contributed by atoms with Gasteiger partial charge in [-0.3, -0.25) is 4.79 Å². The summed E-state index contributed by atoms with van der Waals surface area (Å²) in [6, 6.07) is 10.4. The number of amides is 1. The van der Waals surface area contributed by atoms with E-state index in [9.17, 15) is 4.79 Å². The molecule has 1 saturated carbocycles. The van der Waals surface area contributed by atoms with E-state index in [1.807, 2.05) is 42.3 Å². The van der Waals surface area contributed by atoms with Crippen molar-refractivity contribution in [2.24, 2.45) is 10.7 Å². The van der Waals surface area contributed by atoms with Crippen LogP contribution in [0.15, 0.2) is 35.3 Å². The molecule has 0 unspecified atom stereocenters. The number of carbonyl (C=O) groups excluding carboxylic acids is 1. The normalized spacial score (nSPS) is 14.3. The van der Waals surface area contributed by atoms with E-state index in [4.69, 9.17) is 5.73 Å². The van der Waals surface area contributed by atoms with Crippen LogP contribution in [0.4, 0.5) is 0 Å². The van der Waals surface area contributed by atoms with Crippen molar-refractivity contribution in [3.63, 3.8) is 0 Å². The third kappa shape index (κ3) is 5.53. The second-order valence-electron chi connectivity index (χ2n) is 5.25. The van der Waals surface area contributed by atoms with Crippen LogP contribution in [-0.4, -0.2) is 48.3 Å². The Morgan fingerprint density at radius 2 is 1.90 bits per heavy atom. The molecular weight excluding hydrogens is 379 g/mol. The van der Waals surface area contributed by atoms with E-state index in [-0.39, 0.29) is 36.4 Å². The monoisotopic (exact) mass is 402 g/mol. The molecule has 1 aromatic carbocycles. The topological polar surface area (TPSA) is 61.9 Å². The average Bonchev–Trinajstić information content (AvgIpc) is 3.29. The summed E-state index contributed by atoms with van der Waals surface area (Å²) in [6.07, 6.45) is 2.32. The molecule has 0 aromatic heterocycles. The van der Waals surface area contributed by atoms with E-state index in [0.29, 0.717) is 18.5 Å². The van der Waals surface area contributed by atoms with Gasteiger partial charge in [-0.2, -0.15) is 0 Å². The van der Waals surface area contributed by atoms with Gasteiger partial charge in [-0.1, -0.05) is 30.3 Å². The molecule has 1 fully saturated rings. The van der Waals surface area contributed by atoms with E-state index in [1.54, 1.807) is 11.9 Å².